The van der Waals surface area contributed by atoms with Crippen LogP contribution in [-0.4, -0.2) is 88.1 Å². The maximum atomic E-state index is 13.1. The molecule has 1 aromatic carbocycles. The minimum Gasteiger partial charge on any atom is -0.351 e. The number of nitrogens with zero attached hydrogens (tertiary/aromatic N) is 4. The van der Waals surface area contributed by atoms with Crippen LogP contribution in [0.4, 0.5) is 5.69 Å². The Morgan fingerprint density at radius 1 is 0.971 bits per heavy atom. The van der Waals surface area contributed by atoms with Gasteiger partial charge >= 0.3 is 0 Å². The zero-order valence-corrected chi connectivity index (χ0v) is 20.4. The molecular formula is C25H33N5O3S. The molecular weight excluding hydrogens is 450 g/mol. The summed E-state index contributed by atoms with van der Waals surface area (Å²) in [6, 6.07) is 7.40. The van der Waals surface area contributed by atoms with Crippen LogP contribution in [0.5, 0.6) is 0 Å². The molecule has 0 bridgehead atoms. The summed E-state index contributed by atoms with van der Waals surface area (Å²) in [4.78, 5) is 48.7. The van der Waals surface area contributed by atoms with Crippen molar-refractivity contribution in [3.05, 3.63) is 29.8 Å². The van der Waals surface area contributed by atoms with Crippen LogP contribution in [0.15, 0.2) is 29.3 Å². The van der Waals surface area contributed by atoms with E-state index in [2.05, 4.69) is 20.1 Å². The number of amides is 3. The fourth-order valence-corrected chi connectivity index (χ4v) is 6.47. The van der Waals surface area contributed by atoms with Crippen LogP contribution in [0.3, 0.4) is 0 Å². The summed E-state index contributed by atoms with van der Waals surface area (Å²) in [7, 11) is 0. The molecule has 2 unspecified atom stereocenters. The molecule has 182 valence electrons. The molecule has 34 heavy (non-hydrogen) atoms. The van der Waals surface area contributed by atoms with Crippen LogP contribution >= 0.6 is 11.8 Å². The van der Waals surface area contributed by atoms with Gasteiger partial charge in [-0.1, -0.05) is 11.8 Å². The van der Waals surface area contributed by atoms with Gasteiger partial charge in [-0.2, -0.15) is 4.99 Å². The molecule has 3 saturated heterocycles. The average Bonchev–Trinajstić information content (AvgIpc) is 3.63. The lowest BCUT2D eigenvalue weighted by atomic mass is 10.1. The molecule has 3 amide bonds. The quantitative estimate of drug-likeness (QED) is 0.670. The standard InChI is InChI=1S/C25H33N5O3S/c31-22(16-21-23(32)27-25(34-21)29-13-3-4-14-29)26-19-9-7-18(8-10-19)24(33)30-15-5-6-20(30)17-28-11-1-2-12-28/h7-10,20-21H,1-6,11-17H2,(H,26,31). The van der Waals surface area contributed by atoms with Crippen molar-refractivity contribution in [2.75, 3.05) is 44.6 Å². The third kappa shape index (κ3) is 5.30. The monoisotopic (exact) mass is 483 g/mol. The second-order valence-electron chi connectivity index (χ2n) is 9.67. The minimum atomic E-state index is -0.459. The molecule has 4 heterocycles. The molecule has 8 nitrogen and oxygen atoms in total. The Morgan fingerprint density at radius 3 is 2.41 bits per heavy atom. The molecule has 3 fully saturated rings. The summed E-state index contributed by atoms with van der Waals surface area (Å²) in [6.45, 7) is 5.93. The number of carbonyl (C=O) groups is 3. The molecule has 2 atom stereocenters. The summed E-state index contributed by atoms with van der Waals surface area (Å²) in [5.41, 5.74) is 1.28. The molecule has 5 rings (SSSR count). The van der Waals surface area contributed by atoms with E-state index in [0.29, 0.717) is 17.3 Å². The van der Waals surface area contributed by atoms with Gasteiger partial charge in [0.05, 0.1) is 0 Å². The summed E-state index contributed by atoms with van der Waals surface area (Å²) in [5.74, 6) is -0.371. The largest absolute Gasteiger partial charge is 0.351 e. The van der Waals surface area contributed by atoms with Gasteiger partial charge < -0.3 is 20.0 Å². The van der Waals surface area contributed by atoms with E-state index in [1.165, 1.54) is 24.6 Å². The highest BCUT2D eigenvalue weighted by atomic mass is 32.2. The van der Waals surface area contributed by atoms with Crippen molar-refractivity contribution < 1.29 is 14.4 Å². The number of benzene rings is 1. The summed E-state index contributed by atoms with van der Waals surface area (Å²) in [5, 5.41) is 3.16. The van der Waals surface area contributed by atoms with Crippen molar-refractivity contribution in [3.8, 4) is 0 Å². The van der Waals surface area contributed by atoms with Crippen molar-refractivity contribution in [3.63, 3.8) is 0 Å². The van der Waals surface area contributed by atoms with Gasteiger partial charge in [0.25, 0.3) is 11.8 Å². The average molecular weight is 484 g/mol. The number of nitrogens with one attached hydrogen (secondary N) is 1. The van der Waals surface area contributed by atoms with Gasteiger partial charge in [0.1, 0.15) is 5.25 Å². The summed E-state index contributed by atoms with van der Waals surface area (Å²) >= 11 is 1.40. The molecule has 0 aliphatic carbocycles. The third-order valence-electron chi connectivity index (χ3n) is 7.20. The highest BCUT2D eigenvalue weighted by Crippen LogP contribution is 2.29. The van der Waals surface area contributed by atoms with E-state index in [4.69, 9.17) is 0 Å². The zero-order chi connectivity index (χ0) is 23.5. The molecule has 4 aliphatic heterocycles. The second-order valence-corrected chi connectivity index (χ2v) is 10.8. The predicted octanol–water partition coefficient (Wildman–Crippen LogP) is 2.81. The van der Waals surface area contributed by atoms with Crippen LogP contribution in [0.1, 0.15) is 55.3 Å². The van der Waals surface area contributed by atoms with Crippen molar-refractivity contribution in [2.24, 2.45) is 4.99 Å². The van der Waals surface area contributed by atoms with Crippen LogP contribution in [-0.2, 0) is 9.59 Å². The maximum Gasteiger partial charge on any atom is 0.262 e. The summed E-state index contributed by atoms with van der Waals surface area (Å²) in [6.07, 6.45) is 6.97. The van der Waals surface area contributed by atoms with Gasteiger partial charge in [-0.15, -0.1) is 0 Å². The van der Waals surface area contributed by atoms with Gasteiger partial charge in [0.15, 0.2) is 5.17 Å². The van der Waals surface area contributed by atoms with E-state index < -0.39 is 5.25 Å². The molecule has 0 spiro atoms. The highest BCUT2D eigenvalue weighted by Gasteiger charge is 2.34. The van der Waals surface area contributed by atoms with Gasteiger partial charge in [-0.05, 0) is 75.9 Å². The Hall–Kier alpha value is -2.39. The number of anilines is 1. The number of hydrogen-bond acceptors (Lipinski definition) is 6. The predicted molar refractivity (Wildman–Crippen MR) is 134 cm³/mol. The first kappa shape index (κ1) is 23.4. The van der Waals surface area contributed by atoms with E-state index in [1.807, 2.05) is 4.90 Å². The zero-order valence-electron chi connectivity index (χ0n) is 19.6. The van der Waals surface area contributed by atoms with Crippen LogP contribution < -0.4 is 5.32 Å². The molecule has 0 radical (unpaired) electrons. The first-order valence-electron chi connectivity index (χ1n) is 12.5. The molecule has 4 aliphatic rings. The van der Waals surface area contributed by atoms with E-state index in [9.17, 15) is 14.4 Å². The van der Waals surface area contributed by atoms with Crippen LogP contribution in [0.2, 0.25) is 0 Å². The summed E-state index contributed by atoms with van der Waals surface area (Å²) < 4.78 is 0. The fourth-order valence-electron chi connectivity index (χ4n) is 5.35. The Morgan fingerprint density at radius 2 is 1.68 bits per heavy atom. The lowest BCUT2D eigenvalue weighted by molar-refractivity contribution is -0.121. The topological polar surface area (TPSA) is 85.3 Å². The first-order valence-corrected chi connectivity index (χ1v) is 13.4. The van der Waals surface area contributed by atoms with Crippen molar-refractivity contribution in [1.82, 2.24) is 14.7 Å². The van der Waals surface area contributed by atoms with Crippen LogP contribution in [0.25, 0.3) is 0 Å². The third-order valence-corrected chi connectivity index (χ3v) is 8.41. The number of amidine groups is 1. The lowest BCUT2D eigenvalue weighted by Gasteiger charge is -2.28. The van der Waals surface area contributed by atoms with Crippen molar-refractivity contribution >= 4 is 40.3 Å². The molecule has 1 N–H and O–H groups in total. The van der Waals surface area contributed by atoms with E-state index in [0.717, 1.165) is 70.1 Å². The van der Waals surface area contributed by atoms with Gasteiger partial charge in [0, 0.05) is 49.9 Å². The molecule has 0 aromatic heterocycles. The highest BCUT2D eigenvalue weighted by molar-refractivity contribution is 8.15. The molecule has 9 heteroatoms. The van der Waals surface area contributed by atoms with Crippen LogP contribution in [0, 0.1) is 0 Å². The van der Waals surface area contributed by atoms with Crippen molar-refractivity contribution in [1.29, 1.82) is 0 Å². The van der Waals surface area contributed by atoms with Gasteiger partial charge in [-0.25, -0.2) is 0 Å². The van der Waals surface area contributed by atoms with Crippen molar-refractivity contribution in [2.45, 2.75) is 56.2 Å². The van der Waals surface area contributed by atoms with Gasteiger partial charge in [-0.3, -0.25) is 14.4 Å². The molecule has 0 saturated carbocycles. The number of hydrogen-bond donors (Lipinski definition) is 1. The first-order chi connectivity index (χ1) is 16.6. The number of thioether (sulfide) groups is 1. The number of rotatable bonds is 6. The number of carbonyl (C=O) groups excluding carboxylic acids is 3. The molecule has 1 aromatic rings. The van der Waals surface area contributed by atoms with E-state index in [-0.39, 0.29) is 24.1 Å². The fraction of sp³-hybridized carbons (Fsp3) is 0.600. The Labute approximate surface area is 205 Å². The minimum absolute atomic E-state index is 0.0686. The van der Waals surface area contributed by atoms with E-state index >= 15 is 0 Å². The SMILES string of the molecule is O=C(CC1SC(N2CCCC2)=NC1=O)Nc1ccc(C(=O)N2CCCC2CN2CCCC2)cc1. The normalized spacial score (nSPS) is 25.3. The number of likely N-dealkylation sites (tertiary alicyclic amines) is 3. The van der Waals surface area contributed by atoms with Gasteiger partial charge in [0.2, 0.25) is 5.91 Å². The number of aliphatic imine (C=N–C) groups is 1. The smallest absolute Gasteiger partial charge is 0.262 e. The lowest BCUT2D eigenvalue weighted by Crippen LogP contribution is -2.42. The van der Waals surface area contributed by atoms with E-state index in [1.54, 1.807) is 24.3 Å². The Balaban J connectivity index is 1.12. The maximum absolute atomic E-state index is 13.1. The Bertz CT molecular complexity index is 954. The second kappa shape index (κ2) is 10.5. The Kier molecular flexibility index (Phi) is 7.20.